The molecule has 3 heterocycles. The van der Waals surface area contributed by atoms with Crippen LogP contribution in [0.1, 0.15) is 26.4 Å². The summed E-state index contributed by atoms with van der Waals surface area (Å²) in [6.45, 7) is 0. The van der Waals surface area contributed by atoms with Crippen LogP contribution in [0.25, 0.3) is 28.2 Å². The molecule has 0 bridgehead atoms. The number of rotatable bonds is 5. The maximum atomic E-state index is 14.3. The van der Waals surface area contributed by atoms with E-state index in [-0.39, 0.29) is 57.6 Å². The van der Waals surface area contributed by atoms with Gasteiger partial charge in [0.1, 0.15) is 46.0 Å². The molecule has 4 aromatic carbocycles. The summed E-state index contributed by atoms with van der Waals surface area (Å²) in [6.07, 6.45) is 3.57. The number of phenols is 4. The Kier molecular flexibility index (Phi) is 10.3. The number of imidazole rings is 1. The summed E-state index contributed by atoms with van der Waals surface area (Å²) in [5.74, 6) is -1.69. The first-order valence-corrected chi connectivity index (χ1v) is 14.6. The Morgan fingerprint density at radius 1 is 0.653 bits per heavy atom. The van der Waals surface area contributed by atoms with Crippen LogP contribution < -0.4 is 0 Å². The molecule has 244 valence electrons. The summed E-state index contributed by atoms with van der Waals surface area (Å²) in [7, 11) is 0. The number of para-hydroxylation sites is 2. The maximum Gasteiger partial charge on any atom is 0.215 e. The van der Waals surface area contributed by atoms with Gasteiger partial charge in [0.05, 0.1) is 22.2 Å². The minimum Gasteiger partial charge on any atom is -0.507 e. The van der Waals surface area contributed by atoms with Crippen LogP contribution in [0, 0.1) is 11.6 Å². The quantitative estimate of drug-likeness (QED) is 0.109. The van der Waals surface area contributed by atoms with Crippen molar-refractivity contribution < 1.29 is 38.8 Å². The second-order valence-corrected chi connectivity index (χ2v) is 10.2. The zero-order chi connectivity index (χ0) is 34.9. The Bertz CT molecular complexity index is 2220. The highest BCUT2D eigenvalue weighted by atomic mass is 19.1. The minimum atomic E-state index is -0.699. The lowest BCUT2D eigenvalue weighted by atomic mass is 10.1. The van der Waals surface area contributed by atoms with E-state index in [0.29, 0.717) is 22.5 Å². The molecule has 0 amide bonds. The summed E-state index contributed by atoms with van der Waals surface area (Å²) in [4.78, 5) is 30.3. The van der Waals surface area contributed by atoms with Crippen molar-refractivity contribution in [2.45, 2.75) is 0 Å². The molecule has 0 atom stereocenters. The van der Waals surface area contributed by atoms with Crippen molar-refractivity contribution in [3.63, 3.8) is 0 Å². The van der Waals surface area contributed by atoms with Gasteiger partial charge in [-0.05, 0) is 72.8 Å². The van der Waals surface area contributed by atoms with Crippen LogP contribution in [-0.2, 0) is 0 Å². The number of hydrogen-bond donors (Lipinski definition) is 4. The first kappa shape index (κ1) is 33.5. The van der Waals surface area contributed by atoms with E-state index in [1.807, 2.05) is 12.1 Å². The SMILES string of the molecule is O=C(c1ccccn1)c1ccccc1O.O=Cc1c(O)cccc1F.Oc1ccccc1-c1nc(-c2c(O)cccc2F)n2ccccc12. The Labute approximate surface area is 278 Å². The molecule has 0 radical (unpaired) electrons. The van der Waals surface area contributed by atoms with Crippen LogP contribution in [0.15, 0.2) is 134 Å². The van der Waals surface area contributed by atoms with Gasteiger partial charge in [0.2, 0.25) is 5.78 Å². The predicted octanol–water partition coefficient (Wildman–Crippen LogP) is 7.58. The number of hydrogen-bond acceptors (Lipinski definition) is 8. The molecule has 0 saturated heterocycles. The molecule has 0 spiro atoms. The molecule has 0 fully saturated rings. The Morgan fingerprint density at radius 2 is 1.29 bits per heavy atom. The lowest BCUT2D eigenvalue weighted by Crippen LogP contribution is -2.03. The lowest BCUT2D eigenvalue weighted by molar-refractivity contribution is 0.103. The number of halogens is 2. The Hall–Kier alpha value is -6.88. The van der Waals surface area contributed by atoms with Crippen LogP contribution in [-0.4, -0.2) is 46.9 Å². The van der Waals surface area contributed by atoms with Crippen molar-refractivity contribution >= 4 is 17.6 Å². The highest BCUT2D eigenvalue weighted by molar-refractivity contribution is 6.09. The Morgan fingerprint density at radius 3 is 1.92 bits per heavy atom. The third kappa shape index (κ3) is 7.42. The number of phenolic OH excluding ortho intramolecular Hbond substituents is 4. The van der Waals surface area contributed by atoms with Crippen LogP contribution in [0.4, 0.5) is 8.78 Å². The van der Waals surface area contributed by atoms with Crippen LogP contribution >= 0.6 is 0 Å². The second kappa shape index (κ2) is 15.1. The molecular formula is C38H27F2N3O6. The number of fused-ring (bicyclic) bond motifs is 1. The van der Waals surface area contributed by atoms with E-state index >= 15 is 0 Å². The van der Waals surface area contributed by atoms with Crippen molar-refractivity contribution in [3.8, 4) is 45.6 Å². The number of aromatic nitrogens is 3. The number of benzene rings is 4. The predicted molar refractivity (Wildman–Crippen MR) is 179 cm³/mol. The smallest absolute Gasteiger partial charge is 0.215 e. The number of nitrogens with zero attached hydrogens (tertiary/aromatic N) is 3. The molecule has 4 N–H and O–H groups in total. The van der Waals surface area contributed by atoms with E-state index in [1.165, 1.54) is 36.4 Å². The van der Waals surface area contributed by atoms with Crippen LogP contribution in [0.3, 0.4) is 0 Å². The average molecular weight is 660 g/mol. The van der Waals surface area contributed by atoms with Crippen molar-refractivity contribution in [1.82, 2.24) is 14.4 Å². The van der Waals surface area contributed by atoms with Gasteiger partial charge in [-0.25, -0.2) is 13.8 Å². The number of aromatic hydroxyl groups is 4. The van der Waals surface area contributed by atoms with E-state index in [2.05, 4.69) is 9.97 Å². The molecule has 0 aliphatic carbocycles. The molecule has 0 aliphatic rings. The molecular weight excluding hydrogens is 632 g/mol. The van der Waals surface area contributed by atoms with Gasteiger partial charge in [0, 0.05) is 18.0 Å². The molecule has 7 rings (SSSR count). The van der Waals surface area contributed by atoms with Crippen LogP contribution in [0.5, 0.6) is 23.0 Å². The molecule has 3 aromatic heterocycles. The highest BCUT2D eigenvalue weighted by Crippen LogP contribution is 2.37. The van der Waals surface area contributed by atoms with Gasteiger partial charge in [-0.2, -0.15) is 0 Å². The van der Waals surface area contributed by atoms with Crippen LogP contribution in [0.2, 0.25) is 0 Å². The fourth-order valence-electron chi connectivity index (χ4n) is 4.76. The number of carbonyl (C=O) groups is 2. The lowest BCUT2D eigenvalue weighted by Gasteiger charge is -2.04. The first-order valence-electron chi connectivity index (χ1n) is 14.6. The number of carbonyl (C=O) groups excluding carboxylic acids is 2. The molecule has 7 aromatic rings. The average Bonchev–Trinajstić information content (AvgIpc) is 3.48. The van der Waals surface area contributed by atoms with Gasteiger partial charge in [-0.3, -0.25) is 19.0 Å². The van der Waals surface area contributed by atoms with E-state index in [1.54, 1.807) is 83.5 Å². The van der Waals surface area contributed by atoms with Gasteiger partial charge in [-0.15, -0.1) is 0 Å². The molecule has 0 unspecified atom stereocenters. The molecule has 9 nitrogen and oxygen atoms in total. The van der Waals surface area contributed by atoms with E-state index < -0.39 is 11.6 Å². The summed E-state index contributed by atoms with van der Waals surface area (Å²) < 4.78 is 28.4. The fraction of sp³-hybridized carbons (Fsp3) is 0. The molecule has 49 heavy (non-hydrogen) atoms. The third-order valence-electron chi connectivity index (χ3n) is 7.12. The van der Waals surface area contributed by atoms with Gasteiger partial charge < -0.3 is 20.4 Å². The molecule has 0 saturated carbocycles. The van der Waals surface area contributed by atoms with Gasteiger partial charge in [0.15, 0.2) is 12.1 Å². The first-order chi connectivity index (χ1) is 23.7. The van der Waals surface area contributed by atoms with Crippen molar-refractivity contribution in [2.24, 2.45) is 0 Å². The van der Waals surface area contributed by atoms with E-state index in [0.717, 1.165) is 6.07 Å². The van der Waals surface area contributed by atoms with Crippen molar-refractivity contribution in [1.29, 1.82) is 0 Å². The molecule has 11 heteroatoms. The Balaban J connectivity index is 0.000000160. The number of pyridine rings is 2. The summed E-state index contributed by atoms with van der Waals surface area (Å²) in [5, 5.41) is 38.5. The standard InChI is InChI=1S/C19H13FN2O2.C12H9NO2.C7H5FO2/c20-13-7-5-10-16(24)17(13)19-21-18(12-6-1-2-9-15(12)23)14-8-3-4-11-22(14)19;14-11-7-2-1-5-9(11)12(15)10-6-3-4-8-13-10;8-6-2-1-3-7(10)5(6)4-9/h1-11,23-24H;1-8,14H;1-4,10H. The number of aldehydes is 1. The summed E-state index contributed by atoms with van der Waals surface area (Å²) in [6, 6.07) is 31.7. The largest absolute Gasteiger partial charge is 0.507 e. The third-order valence-corrected chi connectivity index (χ3v) is 7.12. The summed E-state index contributed by atoms with van der Waals surface area (Å²) >= 11 is 0. The van der Waals surface area contributed by atoms with E-state index in [4.69, 9.17) is 5.11 Å². The molecule has 0 aliphatic heterocycles. The topological polar surface area (TPSA) is 145 Å². The zero-order valence-corrected chi connectivity index (χ0v) is 25.5. The highest BCUT2D eigenvalue weighted by Gasteiger charge is 2.20. The minimum absolute atomic E-state index is 0.0202. The van der Waals surface area contributed by atoms with Crippen molar-refractivity contribution in [2.75, 3.05) is 0 Å². The van der Waals surface area contributed by atoms with Crippen molar-refractivity contribution in [3.05, 3.63) is 162 Å². The zero-order valence-electron chi connectivity index (χ0n) is 25.5. The normalized spacial score (nSPS) is 10.3. The van der Waals surface area contributed by atoms with Gasteiger partial charge in [0.25, 0.3) is 0 Å². The monoisotopic (exact) mass is 659 g/mol. The van der Waals surface area contributed by atoms with Gasteiger partial charge in [-0.1, -0.05) is 48.5 Å². The van der Waals surface area contributed by atoms with E-state index in [9.17, 15) is 33.7 Å². The van der Waals surface area contributed by atoms with Gasteiger partial charge >= 0.3 is 0 Å². The maximum absolute atomic E-state index is 14.3. The number of ketones is 1. The fourth-order valence-corrected chi connectivity index (χ4v) is 4.76. The summed E-state index contributed by atoms with van der Waals surface area (Å²) in [5.41, 5.74) is 2.12. The second-order valence-electron chi connectivity index (χ2n) is 10.2.